The van der Waals surface area contributed by atoms with Gasteiger partial charge in [0.05, 0.1) is 4.47 Å². The molecular formula is C12H15BrFN. The molecule has 2 rings (SSSR count). The minimum absolute atomic E-state index is 0.00119. The number of rotatable bonds is 3. The predicted octanol–water partition coefficient (Wildman–Crippen LogP) is 3.32. The lowest BCUT2D eigenvalue weighted by Gasteiger charge is -2.12. The smallest absolute Gasteiger partial charge is 0.140 e. The van der Waals surface area contributed by atoms with E-state index in [-0.39, 0.29) is 11.4 Å². The Labute approximate surface area is 98.0 Å². The van der Waals surface area contributed by atoms with Crippen LogP contribution in [0.2, 0.25) is 0 Å². The summed E-state index contributed by atoms with van der Waals surface area (Å²) in [6, 6.07) is 3.70. The Morgan fingerprint density at radius 3 is 2.73 bits per heavy atom. The van der Waals surface area contributed by atoms with Crippen molar-refractivity contribution >= 4 is 15.9 Å². The zero-order chi connectivity index (χ0) is 11.1. The highest BCUT2D eigenvalue weighted by Gasteiger charge is 2.37. The van der Waals surface area contributed by atoms with Crippen LogP contribution in [0.3, 0.4) is 0 Å². The van der Waals surface area contributed by atoms with E-state index in [4.69, 9.17) is 5.73 Å². The fourth-order valence-corrected chi connectivity index (χ4v) is 2.15. The molecule has 1 fully saturated rings. The van der Waals surface area contributed by atoms with Crippen LogP contribution in [0.1, 0.15) is 30.4 Å². The van der Waals surface area contributed by atoms with Crippen LogP contribution >= 0.6 is 15.9 Å². The Balaban J connectivity index is 2.16. The molecule has 0 bridgehead atoms. The van der Waals surface area contributed by atoms with Crippen LogP contribution in [0.15, 0.2) is 16.6 Å². The topological polar surface area (TPSA) is 26.0 Å². The first-order chi connectivity index (χ1) is 7.02. The maximum Gasteiger partial charge on any atom is 0.140 e. The second kappa shape index (κ2) is 3.87. The van der Waals surface area contributed by atoms with Gasteiger partial charge in [0.15, 0.2) is 0 Å². The molecule has 1 saturated carbocycles. The number of hydrogen-bond acceptors (Lipinski definition) is 1. The molecule has 0 spiro atoms. The third kappa shape index (κ3) is 2.40. The first-order valence-electron chi connectivity index (χ1n) is 5.24. The number of benzene rings is 1. The summed E-state index contributed by atoms with van der Waals surface area (Å²) in [5.41, 5.74) is 7.82. The third-order valence-corrected chi connectivity index (χ3v) is 3.81. The van der Waals surface area contributed by atoms with Crippen molar-refractivity contribution in [3.8, 4) is 0 Å². The largest absolute Gasteiger partial charge is 0.325 e. The van der Waals surface area contributed by atoms with E-state index in [0.717, 1.165) is 36.8 Å². The number of nitrogens with two attached hydrogens (primary N) is 1. The predicted molar refractivity (Wildman–Crippen MR) is 63.3 cm³/mol. The highest BCUT2D eigenvalue weighted by molar-refractivity contribution is 9.10. The monoisotopic (exact) mass is 271 g/mol. The maximum atomic E-state index is 13.8. The van der Waals surface area contributed by atoms with Crippen molar-refractivity contribution in [1.29, 1.82) is 0 Å². The first kappa shape index (κ1) is 11.1. The van der Waals surface area contributed by atoms with Crippen molar-refractivity contribution in [2.75, 3.05) is 0 Å². The molecule has 1 aromatic carbocycles. The standard InChI is InChI=1S/C12H15BrFN/c1-8-2-3-10(13)11(14)9(8)4-5-12(15)6-7-12/h2-3H,4-7,15H2,1H3. The lowest BCUT2D eigenvalue weighted by Crippen LogP contribution is -2.22. The fraction of sp³-hybridized carbons (Fsp3) is 0.500. The molecule has 1 nitrogen and oxygen atoms in total. The molecule has 2 N–H and O–H groups in total. The minimum Gasteiger partial charge on any atom is -0.325 e. The van der Waals surface area contributed by atoms with Crippen LogP contribution in [0.4, 0.5) is 4.39 Å². The van der Waals surface area contributed by atoms with Crippen LogP contribution in [0, 0.1) is 12.7 Å². The molecule has 0 aromatic heterocycles. The third-order valence-electron chi connectivity index (χ3n) is 3.20. The van der Waals surface area contributed by atoms with Crippen LogP contribution < -0.4 is 5.73 Å². The summed E-state index contributed by atoms with van der Waals surface area (Å²) < 4.78 is 14.3. The molecular weight excluding hydrogens is 257 g/mol. The van der Waals surface area contributed by atoms with E-state index < -0.39 is 0 Å². The van der Waals surface area contributed by atoms with Gasteiger partial charge in [0.25, 0.3) is 0 Å². The van der Waals surface area contributed by atoms with Crippen LogP contribution in [0.25, 0.3) is 0 Å². The summed E-state index contributed by atoms with van der Waals surface area (Å²) in [4.78, 5) is 0. The van der Waals surface area contributed by atoms with Crippen molar-refractivity contribution in [1.82, 2.24) is 0 Å². The van der Waals surface area contributed by atoms with Crippen LogP contribution in [-0.2, 0) is 6.42 Å². The molecule has 1 aliphatic rings. The quantitative estimate of drug-likeness (QED) is 0.897. The van der Waals surface area contributed by atoms with E-state index in [2.05, 4.69) is 15.9 Å². The van der Waals surface area contributed by atoms with E-state index >= 15 is 0 Å². The van der Waals surface area contributed by atoms with Crippen molar-refractivity contribution in [3.05, 3.63) is 33.5 Å². The van der Waals surface area contributed by atoms with E-state index in [1.807, 2.05) is 13.0 Å². The van der Waals surface area contributed by atoms with Crippen molar-refractivity contribution in [2.24, 2.45) is 5.73 Å². The molecule has 0 saturated heterocycles. The summed E-state index contributed by atoms with van der Waals surface area (Å²) in [6.07, 6.45) is 3.80. The molecule has 1 aliphatic carbocycles. The SMILES string of the molecule is Cc1ccc(Br)c(F)c1CCC1(N)CC1. The Morgan fingerprint density at radius 1 is 1.47 bits per heavy atom. The van der Waals surface area contributed by atoms with Gasteiger partial charge >= 0.3 is 0 Å². The Kier molecular flexibility index (Phi) is 2.86. The summed E-state index contributed by atoms with van der Waals surface area (Å²) >= 11 is 3.21. The average molecular weight is 272 g/mol. The van der Waals surface area contributed by atoms with Gasteiger partial charge < -0.3 is 5.73 Å². The van der Waals surface area contributed by atoms with Gasteiger partial charge in [0.2, 0.25) is 0 Å². The Bertz CT molecular complexity index is 385. The van der Waals surface area contributed by atoms with Crippen molar-refractivity contribution in [2.45, 2.75) is 38.1 Å². The molecule has 0 aliphatic heterocycles. The molecule has 1 aromatic rings. The Hall–Kier alpha value is -0.410. The molecule has 0 heterocycles. The van der Waals surface area contributed by atoms with Crippen LogP contribution in [0.5, 0.6) is 0 Å². The van der Waals surface area contributed by atoms with Gasteiger partial charge in [-0.05, 0) is 65.7 Å². The van der Waals surface area contributed by atoms with E-state index in [1.54, 1.807) is 6.07 Å². The van der Waals surface area contributed by atoms with Gasteiger partial charge in [0.1, 0.15) is 5.82 Å². The normalized spacial score (nSPS) is 17.9. The number of hydrogen-bond donors (Lipinski definition) is 1. The van der Waals surface area contributed by atoms with Gasteiger partial charge in [-0.25, -0.2) is 4.39 Å². The number of aryl methyl sites for hydroxylation is 1. The van der Waals surface area contributed by atoms with E-state index in [0.29, 0.717) is 4.47 Å². The van der Waals surface area contributed by atoms with Crippen molar-refractivity contribution in [3.63, 3.8) is 0 Å². The van der Waals surface area contributed by atoms with E-state index in [9.17, 15) is 4.39 Å². The molecule has 0 unspecified atom stereocenters. The fourth-order valence-electron chi connectivity index (χ4n) is 1.78. The van der Waals surface area contributed by atoms with Gasteiger partial charge in [-0.3, -0.25) is 0 Å². The second-order valence-corrected chi connectivity index (χ2v) is 5.37. The Morgan fingerprint density at radius 2 is 2.13 bits per heavy atom. The molecule has 3 heteroatoms. The summed E-state index contributed by atoms with van der Waals surface area (Å²) in [7, 11) is 0. The maximum absolute atomic E-state index is 13.8. The summed E-state index contributed by atoms with van der Waals surface area (Å²) in [5.74, 6) is -0.126. The zero-order valence-corrected chi connectivity index (χ0v) is 10.4. The average Bonchev–Trinajstić information content (AvgIpc) is 2.91. The molecule has 0 amide bonds. The van der Waals surface area contributed by atoms with Crippen molar-refractivity contribution < 1.29 is 4.39 Å². The zero-order valence-electron chi connectivity index (χ0n) is 8.82. The second-order valence-electron chi connectivity index (χ2n) is 4.52. The highest BCUT2D eigenvalue weighted by Crippen LogP contribution is 2.37. The highest BCUT2D eigenvalue weighted by atomic mass is 79.9. The lowest BCUT2D eigenvalue weighted by molar-refractivity contribution is 0.565. The summed E-state index contributed by atoms with van der Waals surface area (Å²) in [6.45, 7) is 1.95. The lowest BCUT2D eigenvalue weighted by atomic mass is 10.00. The molecule has 82 valence electrons. The molecule has 15 heavy (non-hydrogen) atoms. The van der Waals surface area contributed by atoms with Crippen LogP contribution in [-0.4, -0.2) is 5.54 Å². The number of halogens is 2. The van der Waals surface area contributed by atoms with E-state index in [1.165, 1.54) is 0 Å². The minimum atomic E-state index is -0.126. The molecule has 0 atom stereocenters. The van der Waals surface area contributed by atoms with Gasteiger partial charge in [-0.15, -0.1) is 0 Å². The first-order valence-corrected chi connectivity index (χ1v) is 6.03. The van der Waals surface area contributed by atoms with Gasteiger partial charge in [-0.1, -0.05) is 6.07 Å². The molecule has 0 radical (unpaired) electrons. The van der Waals surface area contributed by atoms with Gasteiger partial charge in [0, 0.05) is 5.54 Å². The summed E-state index contributed by atoms with van der Waals surface area (Å²) in [5, 5.41) is 0. The van der Waals surface area contributed by atoms with Gasteiger partial charge in [-0.2, -0.15) is 0 Å².